The molecule has 0 spiro atoms. The number of nitro groups is 2. The molecule has 0 unspecified atom stereocenters. The van der Waals surface area contributed by atoms with E-state index in [1.807, 2.05) is 13.8 Å². The number of benzene rings is 2. The molecule has 0 saturated heterocycles. The first-order valence-corrected chi connectivity index (χ1v) is 6.81. The van der Waals surface area contributed by atoms with Crippen LogP contribution in [0, 0.1) is 34.1 Å². The van der Waals surface area contributed by atoms with Crippen LogP contribution in [-0.2, 0) is 0 Å². The van der Waals surface area contributed by atoms with Crippen LogP contribution in [0.1, 0.15) is 21.5 Å². The van der Waals surface area contributed by atoms with Crippen molar-refractivity contribution >= 4 is 28.7 Å². The van der Waals surface area contributed by atoms with Crippen molar-refractivity contribution in [3.8, 4) is 0 Å². The monoisotopic (exact) mass is 330 g/mol. The summed E-state index contributed by atoms with van der Waals surface area (Å²) in [5.74, 6) is -1.01. The van der Waals surface area contributed by atoms with E-state index in [9.17, 15) is 25.0 Å². The normalized spacial score (nSPS) is 10.2. The zero-order valence-electron chi connectivity index (χ0n) is 12.9. The van der Waals surface area contributed by atoms with Crippen LogP contribution in [0.15, 0.2) is 30.3 Å². The lowest BCUT2D eigenvalue weighted by Crippen LogP contribution is -2.15. The number of hydrogen-bond donors (Lipinski definition) is 2. The third kappa shape index (κ3) is 3.29. The second-order valence-electron chi connectivity index (χ2n) is 5.19. The van der Waals surface area contributed by atoms with Crippen LogP contribution >= 0.6 is 0 Å². The molecule has 0 aromatic heterocycles. The Bertz CT molecular complexity index is 828. The van der Waals surface area contributed by atoms with Gasteiger partial charge >= 0.3 is 0 Å². The van der Waals surface area contributed by atoms with E-state index < -0.39 is 27.1 Å². The summed E-state index contributed by atoms with van der Waals surface area (Å²) in [6.45, 7) is 3.77. The smallest absolute Gasteiger partial charge is 0.300 e. The van der Waals surface area contributed by atoms with E-state index in [-0.39, 0.29) is 11.3 Å². The maximum absolute atomic E-state index is 11.6. The molecular weight excluding hydrogens is 316 g/mol. The van der Waals surface area contributed by atoms with E-state index in [1.54, 1.807) is 18.2 Å². The maximum Gasteiger partial charge on any atom is 0.300 e. The van der Waals surface area contributed by atoms with Gasteiger partial charge in [0, 0.05) is 11.8 Å². The number of amides is 1. The second-order valence-corrected chi connectivity index (χ2v) is 5.19. The van der Waals surface area contributed by atoms with Crippen molar-refractivity contribution < 1.29 is 14.6 Å². The molecule has 3 N–H and O–H groups in total. The molecule has 2 aromatic carbocycles. The zero-order chi connectivity index (χ0) is 18.0. The van der Waals surface area contributed by atoms with Crippen LogP contribution in [0.2, 0.25) is 0 Å². The van der Waals surface area contributed by atoms with Gasteiger partial charge in [-0.1, -0.05) is 6.07 Å². The molecule has 0 fully saturated rings. The van der Waals surface area contributed by atoms with Crippen molar-refractivity contribution in [1.82, 2.24) is 0 Å². The van der Waals surface area contributed by atoms with Gasteiger partial charge in [0.2, 0.25) is 0 Å². The van der Waals surface area contributed by atoms with Crippen LogP contribution in [0.4, 0.5) is 22.7 Å². The predicted octanol–water partition coefficient (Wildman–Crippen LogP) is 2.96. The fraction of sp³-hybridized carbons (Fsp3) is 0.133. The first-order valence-electron chi connectivity index (χ1n) is 6.81. The van der Waals surface area contributed by atoms with Gasteiger partial charge in [0.15, 0.2) is 0 Å². The van der Waals surface area contributed by atoms with Gasteiger partial charge in [-0.05, 0) is 37.1 Å². The third-order valence-corrected chi connectivity index (χ3v) is 3.55. The third-order valence-electron chi connectivity index (χ3n) is 3.55. The van der Waals surface area contributed by atoms with Crippen molar-refractivity contribution in [2.75, 3.05) is 5.32 Å². The summed E-state index contributed by atoms with van der Waals surface area (Å²) in [5.41, 5.74) is 6.00. The van der Waals surface area contributed by atoms with Crippen molar-refractivity contribution in [3.05, 3.63) is 67.3 Å². The van der Waals surface area contributed by atoms with Crippen LogP contribution in [0.25, 0.3) is 0 Å². The minimum Gasteiger partial charge on any atom is -0.366 e. The first-order chi connectivity index (χ1) is 11.2. The standard InChI is InChI=1S/C15H14N4O5/c1-8-3-4-10(5-9(8)2)17-14-12(15(16)20)6-11(18(21)22)7-13(14)19(23)24/h3-7,17H,1-2H3,(H2,16,20). The molecule has 0 heterocycles. The number of nitrogens with two attached hydrogens (primary N) is 1. The Balaban J connectivity index is 2.65. The molecule has 1 amide bonds. The number of rotatable bonds is 5. The number of nitrogens with one attached hydrogen (secondary N) is 1. The Morgan fingerprint density at radius 2 is 1.71 bits per heavy atom. The Labute approximate surface area is 136 Å². The summed E-state index contributed by atoms with van der Waals surface area (Å²) in [6.07, 6.45) is 0. The number of carbonyl (C=O) groups excluding carboxylic acids is 1. The van der Waals surface area contributed by atoms with Gasteiger partial charge in [-0.3, -0.25) is 25.0 Å². The summed E-state index contributed by atoms with van der Waals surface area (Å²) in [4.78, 5) is 32.2. The average molecular weight is 330 g/mol. The molecule has 0 saturated carbocycles. The van der Waals surface area contributed by atoms with Crippen molar-refractivity contribution in [1.29, 1.82) is 0 Å². The number of anilines is 2. The largest absolute Gasteiger partial charge is 0.366 e. The first kappa shape index (κ1) is 16.9. The van der Waals surface area contributed by atoms with Gasteiger partial charge in [-0.25, -0.2) is 0 Å². The predicted molar refractivity (Wildman–Crippen MR) is 87.5 cm³/mol. The molecule has 0 aliphatic carbocycles. The summed E-state index contributed by atoms with van der Waals surface area (Å²) < 4.78 is 0. The quantitative estimate of drug-likeness (QED) is 0.637. The number of nitro benzene ring substituents is 2. The average Bonchev–Trinajstić information content (AvgIpc) is 2.50. The van der Waals surface area contributed by atoms with E-state index in [0.717, 1.165) is 23.3 Å². The highest BCUT2D eigenvalue weighted by atomic mass is 16.6. The highest BCUT2D eigenvalue weighted by molar-refractivity contribution is 6.02. The minimum atomic E-state index is -1.01. The lowest BCUT2D eigenvalue weighted by Gasteiger charge is -2.12. The number of carbonyl (C=O) groups is 1. The van der Waals surface area contributed by atoms with Crippen molar-refractivity contribution in [2.45, 2.75) is 13.8 Å². The molecule has 124 valence electrons. The molecule has 24 heavy (non-hydrogen) atoms. The van der Waals surface area contributed by atoms with Gasteiger partial charge in [-0.2, -0.15) is 0 Å². The highest BCUT2D eigenvalue weighted by Crippen LogP contribution is 2.35. The summed E-state index contributed by atoms with van der Waals surface area (Å²) in [6, 6.07) is 6.93. The fourth-order valence-electron chi connectivity index (χ4n) is 2.15. The number of non-ortho nitro benzene ring substituents is 1. The molecule has 0 aliphatic heterocycles. The lowest BCUT2D eigenvalue weighted by molar-refractivity contribution is -0.393. The van der Waals surface area contributed by atoms with Crippen molar-refractivity contribution in [3.63, 3.8) is 0 Å². The Morgan fingerprint density at radius 3 is 2.21 bits per heavy atom. The lowest BCUT2D eigenvalue weighted by atomic mass is 10.1. The van der Waals surface area contributed by atoms with Crippen LogP contribution in [0.3, 0.4) is 0 Å². The number of aryl methyl sites for hydroxylation is 2. The van der Waals surface area contributed by atoms with Gasteiger partial charge in [0.05, 0.1) is 21.5 Å². The molecule has 0 radical (unpaired) electrons. The Kier molecular flexibility index (Phi) is 4.45. The zero-order valence-corrected chi connectivity index (χ0v) is 12.9. The molecule has 0 aliphatic rings. The van der Waals surface area contributed by atoms with E-state index in [1.165, 1.54) is 0 Å². The van der Waals surface area contributed by atoms with E-state index >= 15 is 0 Å². The van der Waals surface area contributed by atoms with E-state index in [4.69, 9.17) is 5.73 Å². The highest BCUT2D eigenvalue weighted by Gasteiger charge is 2.26. The number of primary amides is 1. The van der Waals surface area contributed by atoms with Crippen molar-refractivity contribution in [2.24, 2.45) is 5.73 Å². The maximum atomic E-state index is 11.6. The SMILES string of the molecule is Cc1ccc(Nc2c(C(N)=O)cc([N+](=O)[O-])cc2[N+](=O)[O-])cc1C. The van der Waals surface area contributed by atoms with Crippen LogP contribution in [0.5, 0.6) is 0 Å². The molecule has 2 rings (SSSR count). The van der Waals surface area contributed by atoms with Crippen LogP contribution < -0.4 is 11.1 Å². The fourth-order valence-corrected chi connectivity index (χ4v) is 2.15. The Hall–Kier alpha value is -3.49. The molecular formula is C15H14N4O5. The van der Waals surface area contributed by atoms with Crippen LogP contribution in [-0.4, -0.2) is 15.8 Å². The molecule has 9 nitrogen and oxygen atoms in total. The van der Waals surface area contributed by atoms with Gasteiger partial charge < -0.3 is 11.1 Å². The molecule has 9 heteroatoms. The summed E-state index contributed by atoms with van der Waals surface area (Å²) in [5, 5.41) is 25.0. The summed E-state index contributed by atoms with van der Waals surface area (Å²) >= 11 is 0. The van der Waals surface area contributed by atoms with Gasteiger partial charge in [0.25, 0.3) is 17.3 Å². The molecule has 0 atom stereocenters. The van der Waals surface area contributed by atoms with E-state index in [2.05, 4.69) is 5.32 Å². The Morgan fingerprint density at radius 1 is 1.04 bits per heavy atom. The topological polar surface area (TPSA) is 141 Å². The van der Waals surface area contributed by atoms with E-state index in [0.29, 0.717) is 5.69 Å². The molecule has 0 bridgehead atoms. The summed E-state index contributed by atoms with van der Waals surface area (Å²) in [7, 11) is 0. The molecule has 2 aromatic rings. The number of hydrogen-bond acceptors (Lipinski definition) is 6. The van der Waals surface area contributed by atoms with Gasteiger partial charge in [0.1, 0.15) is 5.69 Å². The minimum absolute atomic E-state index is 0.179. The second kappa shape index (κ2) is 6.32. The number of nitrogens with zero attached hydrogens (tertiary/aromatic N) is 2. The van der Waals surface area contributed by atoms with Gasteiger partial charge in [-0.15, -0.1) is 0 Å².